The summed E-state index contributed by atoms with van der Waals surface area (Å²) in [7, 11) is 0. The van der Waals surface area contributed by atoms with Gasteiger partial charge in [-0.3, -0.25) is 9.59 Å². The Labute approximate surface area is 129 Å². The van der Waals surface area contributed by atoms with Gasteiger partial charge < -0.3 is 5.11 Å². The predicted octanol–water partition coefficient (Wildman–Crippen LogP) is 3.84. The lowest BCUT2D eigenvalue weighted by Crippen LogP contribution is -2.10. The molecule has 0 amide bonds. The first kappa shape index (κ1) is 17.4. The van der Waals surface area contributed by atoms with Gasteiger partial charge in [-0.25, -0.2) is 4.39 Å². The standard InChI is InChI=1S/C12H11FO3S.C4H8/c1-3-7(12(16)17)11(15)8-5-9(13)10(14)4-6(8)2;1-4-2-3-4/h3-5,14H,1-2H3,(H,16,17);4H,2-3H2,1H3/b7-3+;. The Morgan fingerprint density at radius 3 is 2.29 bits per heavy atom. The molecule has 1 aromatic rings. The number of phenolic OH excluding ortho intramolecular Hbond substituents is 1. The van der Waals surface area contributed by atoms with Crippen molar-refractivity contribution in [2.45, 2.75) is 33.6 Å². The number of rotatable bonds is 3. The summed E-state index contributed by atoms with van der Waals surface area (Å²) < 4.78 is 13.2. The first-order valence-electron chi connectivity index (χ1n) is 6.71. The Bertz CT molecular complexity index is 589. The van der Waals surface area contributed by atoms with Crippen LogP contribution in [0.5, 0.6) is 5.75 Å². The summed E-state index contributed by atoms with van der Waals surface area (Å²) in [5, 5.41) is 8.45. The Kier molecular flexibility index (Phi) is 6.15. The third kappa shape index (κ3) is 5.01. The largest absolute Gasteiger partial charge is 0.505 e. The zero-order valence-corrected chi connectivity index (χ0v) is 13.2. The van der Waals surface area contributed by atoms with Gasteiger partial charge in [0.25, 0.3) is 0 Å². The molecule has 5 heteroatoms. The van der Waals surface area contributed by atoms with E-state index in [9.17, 15) is 14.0 Å². The van der Waals surface area contributed by atoms with E-state index in [4.69, 9.17) is 5.11 Å². The molecular weight excluding hydrogens is 291 g/mol. The number of hydrogen-bond acceptors (Lipinski definition) is 3. The van der Waals surface area contributed by atoms with Crippen molar-refractivity contribution in [3.8, 4) is 5.75 Å². The van der Waals surface area contributed by atoms with Gasteiger partial charge in [-0.2, -0.15) is 0 Å². The van der Waals surface area contributed by atoms with Crippen LogP contribution in [-0.2, 0) is 4.79 Å². The number of thiol groups is 1. The Balaban J connectivity index is 0.000000471. The van der Waals surface area contributed by atoms with Gasteiger partial charge in [0.2, 0.25) is 5.12 Å². The number of phenols is 1. The minimum Gasteiger partial charge on any atom is -0.505 e. The molecule has 1 aromatic carbocycles. The summed E-state index contributed by atoms with van der Waals surface area (Å²) >= 11 is 3.57. The van der Waals surface area contributed by atoms with Crippen LogP contribution >= 0.6 is 12.6 Å². The maximum absolute atomic E-state index is 13.2. The van der Waals surface area contributed by atoms with Crippen molar-refractivity contribution in [3.05, 3.63) is 40.7 Å². The SMILES string of the molecule is C/C=C(/C(=O)S)C(=O)c1cc(F)c(O)cc1C.CC1CC1. The highest BCUT2D eigenvalue weighted by molar-refractivity contribution is 7.97. The van der Waals surface area contributed by atoms with Crippen molar-refractivity contribution in [1.29, 1.82) is 0 Å². The number of allylic oxidation sites excluding steroid dienone is 1. The van der Waals surface area contributed by atoms with Crippen molar-refractivity contribution in [2.24, 2.45) is 5.92 Å². The number of benzene rings is 1. The first-order valence-corrected chi connectivity index (χ1v) is 7.16. The summed E-state index contributed by atoms with van der Waals surface area (Å²) in [5.74, 6) is -0.955. The zero-order valence-electron chi connectivity index (χ0n) is 12.3. The van der Waals surface area contributed by atoms with Crippen LogP contribution in [0.1, 0.15) is 42.6 Å². The molecule has 3 nitrogen and oxygen atoms in total. The van der Waals surface area contributed by atoms with E-state index in [1.807, 2.05) is 0 Å². The fourth-order valence-electron chi connectivity index (χ4n) is 1.57. The fourth-order valence-corrected chi connectivity index (χ4v) is 1.80. The lowest BCUT2D eigenvalue weighted by Gasteiger charge is -2.07. The molecule has 0 spiro atoms. The molecule has 1 fully saturated rings. The molecule has 114 valence electrons. The van der Waals surface area contributed by atoms with Gasteiger partial charge in [-0.05, 0) is 37.5 Å². The van der Waals surface area contributed by atoms with Gasteiger partial charge in [-0.15, -0.1) is 12.6 Å². The molecule has 1 N–H and O–H groups in total. The van der Waals surface area contributed by atoms with Crippen LogP contribution in [0.2, 0.25) is 0 Å². The molecule has 1 aliphatic rings. The van der Waals surface area contributed by atoms with Crippen molar-refractivity contribution >= 4 is 23.5 Å². The number of carbonyl (C=O) groups excluding carboxylic acids is 2. The molecule has 0 unspecified atom stereocenters. The van der Waals surface area contributed by atoms with Crippen LogP contribution < -0.4 is 0 Å². The molecule has 1 aliphatic carbocycles. The van der Waals surface area contributed by atoms with Crippen molar-refractivity contribution in [1.82, 2.24) is 0 Å². The average Bonchev–Trinajstić information content (AvgIpc) is 3.17. The maximum Gasteiger partial charge on any atom is 0.219 e. The van der Waals surface area contributed by atoms with Crippen molar-refractivity contribution in [3.63, 3.8) is 0 Å². The Hall–Kier alpha value is -1.62. The smallest absolute Gasteiger partial charge is 0.219 e. The average molecular weight is 310 g/mol. The third-order valence-corrected chi connectivity index (χ3v) is 3.41. The van der Waals surface area contributed by atoms with Crippen molar-refractivity contribution in [2.75, 3.05) is 0 Å². The summed E-state index contributed by atoms with van der Waals surface area (Å²) in [5.41, 5.74) is 0.306. The number of aryl methyl sites for hydroxylation is 1. The van der Waals surface area contributed by atoms with Gasteiger partial charge in [0, 0.05) is 5.56 Å². The second-order valence-electron chi connectivity index (χ2n) is 5.14. The molecule has 0 aliphatic heterocycles. The quantitative estimate of drug-likeness (QED) is 0.293. The Morgan fingerprint density at radius 1 is 1.38 bits per heavy atom. The zero-order chi connectivity index (χ0) is 16.2. The van der Waals surface area contributed by atoms with Crippen LogP contribution in [0.4, 0.5) is 4.39 Å². The molecule has 0 aromatic heterocycles. The normalized spacial score (nSPS) is 14.2. The minimum atomic E-state index is -0.902. The lowest BCUT2D eigenvalue weighted by atomic mass is 9.99. The highest BCUT2D eigenvalue weighted by Crippen LogP contribution is 2.26. The van der Waals surface area contributed by atoms with Crippen LogP contribution in [0.3, 0.4) is 0 Å². The first-order chi connectivity index (χ1) is 9.77. The van der Waals surface area contributed by atoms with E-state index in [0.29, 0.717) is 5.56 Å². The summed E-state index contributed by atoms with van der Waals surface area (Å²) in [6, 6.07) is 2.05. The van der Waals surface area contributed by atoms with E-state index in [2.05, 4.69) is 19.6 Å². The van der Waals surface area contributed by atoms with Crippen molar-refractivity contribution < 1.29 is 19.1 Å². The molecule has 0 heterocycles. The number of ketones is 1. The highest BCUT2D eigenvalue weighted by atomic mass is 32.1. The number of aromatic hydroxyl groups is 1. The van der Waals surface area contributed by atoms with Crippen LogP contribution in [-0.4, -0.2) is 16.0 Å². The lowest BCUT2D eigenvalue weighted by molar-refractivity contribution is -0.107. The number of halogens is 1. The van der Waals surface area contributed by atoms with E-state index in [-0.39, 0.29) is 11.1 Å². The molecule has 0 bridgehead atoms. The third-order valence-electron chi connectivity index (χ3n) is 3.17. The second-order valence-corrected chi connectivity index (χ2v) is 5.54. The van der Waals surface area contributed by atoms with Gasteiger partial charge >= 0.3 is 0 Å². The summed E-state index contributed by atoms with van der Waals surface area (Å²) in [6.45, 7) is 5.34. The van der Waals surface area contributed by atoms with Gasteiger partial charge in [0.1, 0.15) is 0 Å². The second kappa shape index (κ2) is 7.41. The van der Waals surface area contributed by atoms with Crippen LogP contribution in [0, 0.1) is 18.7 Å². The number of hydrogen-bond donors (Lipinski definition) is 2. The molecule has 1 saturated carbocycles. The predicted molar refractivity (Wildman–Crippen MR) is 83.3 cm³/mol. The number of carbonyl (C=O) groups is 2. The van der Waals surface area contributed by atoms with E-state index in [1.54, 1.807) is 6.92 Å². The molecule has 2 rings (SSSR count). The van der Waals surface area contributed by atoms with Gasteiger partial charge in [0.15, 0.2) is 17.3 Å². The molecule has 0 saturated heterocycles. The Morgan fingerprint density at radius 2 is 1.90 bits per heavy atom. The summed E-state index contributed by atoms with van der Waals surface area (Å²) in [6.07, 6.45) is 4.29. The monoisotopic (exact) mass is 310 g/mol. The minimum absolute atomic E-state index is 0.0378. The van der Waals surface area contributed by atoms with E-state index in [1.165, 1.54) is 25.8 Å². The fraction of sp³-hybridized carbons (Fsp3) is 0.375. The molecule has 21 heavy (non-hydrogen) atoms. The van der Waals surface area contributed by atoms with Gasteiger partial charge in [-0.1, -0.05) is 25.8 Å². The van der Waals surface area contributed by atoms with Crippen LogP contribution in [0.25, 0.3) is 0 Å². The topological polar surface area (TPSA) is 54.4 Å². The molecular formula is C16H19FO3S. The maximum atomic E-state index is 13.2. The number of Topliss-reactive ketones (excluding diaryl/α,β-unsaturated/α-hetero) is 1. The molecule has 0 atom stereocenters. The van der Waals surface area contributed by atoms with E-state index >= 15 is 0 Å². The van der Waals surface area contributed by atoms with E-state index in [0.717, 1.165) is 18.1 Å². The van der Waals surface area contributed by atoms with E-state index < -0.39 is 22.5 Å². The van der Waals surface area contributed by atoms with Crippen LogP contribution in [0.15, 0.2) is 23.8 Å². The summed E-state index contributed by atoms with van der Waals surface area (Å²) in [4.78, 5) is 23.0. The van der Waals surface area contributed by atoms with Gasteiger partial charge in [0.05, 0.1) is 5.57 Å². The highest BCUT2D eigenvalue weighted by Gasteiger charge is 2.19. The molecule has 0 radical (unpaired) electrons.